The number of aromatic nitrogens is 2. The Morgan fingerprint density at radius 2 is 1.92 bits per heavy atom. The quantitative estimate of drug-likeness (QED) is 0.499. The molecule has 3 rings (SSSR count). The van der Waals surface area contributed by atoms with Gasteiger partial charge in [0.25, 0.3) is 5.91 Å². The van der Waals surface area contributed by atoms with Gasteiger partial charge < -0.3 is 0 Å². The average molecular weight is 373 g/mol. The van der Waals surface area contributed by atoms with Gasteiger partial charge in [0.15, 0.2) is 4.34 Å². The third kappa shape index (κ3) is 4.64. The summed E-state index contributed by atoms with van der Waals surface area (Å²) in [5, 5.41) is 11.2. The van der Waals surface area contributed by atoms with E-state index in [0.29, 0.717) is 26.4 Å². The zero-order valence-corrected chi connectivity index (χ0v) is 15.2. The highest BCUT2D eigenvalue weighted by molar-refractivity contribution is 8.00. The molecule has 3 aromatic rings. The average Bonchev–Trinajstić information content (AvgIpc) is 3.08. The summed E-state index contributed by atoms with van der Waals surface area (Å²) in [6.45, 7) is 2.07. The normalized spacial score (nSPS) is 10.6. The van der Waals surface area contributed by atoms with Gasteiger partial charge in [0.2, 0.25) is 5.13 Å². The molecular weight excluding hydrogens is 357 g/mol. The Kier molecular flexibility index (Phi) is 5.78. The largest absolute Gasteiger partial charge is 0.296 e. The van der Waals surface area contributed by atoms with Crippen LogP contribution in [0.2, 0.25) is 0 Å². The lowest BCUT2D eigenvalue weighted by molar-refractivity contribution is 0.102. The standard InChI is InChI=1S/C18H16FN3OS2/c1-2-12-7-9-13(10-8-12)16(23)20-17-21-22-18(25-17)24-11-14-5-3-4-6-15(14)19/h3-10H,2,11H2,1H3,(H,20,21,23). The molecule has 1 N–H and O–H groups in total. The zero-order chi connectivity index (χ0) is 17.6. The van der Waals surface area contributed by atoms with Crippen LogP contribution in [-0.2, 0) is 12.2 Å². The molecule has 0 aliphatic heterocycles. The maximum absolute atomic E-state index is 13.6. The van der Waals surface area contributed by atoms with E-state index in [1.807, 2.05) is 12.1 Å². The SMILES string of the molecule is CCc1ccc(C(=O)Nc2nnc(SCc3ccccc3F)s2)cc1. The Hall–Kier alpha value is -2.25. The van der Waals surface area contributed by atoms with Crippen molar-refractivity contribution in [2.45, 2.75) is 23.4 Å². The van der Waals surface area contributed by atoms with Gasteiger partial charge in [-0.25, -0.2) is 4.39 Å². The number of carbonyl (C=O) groups is 1. The molecular formula is C18H16FN3OS2. The highest BCUT2D eigenvalue weighted by atomic mass is 32.2. The summed E-state index contributed by atoms with van der Waals surface area (Å²) in [5.41, 5.74) is 2.37. The summed E-state index contributed by atoms with van der Waals surface area (Å²) >= 11 is 2.66. The first kappa shape index (κ1) is 17.6. The van der Waals surface area contributed by atoms with Crippen molar-refractivity contribution in [3.05, 3.63) is 71.0 Å². The molecule has 0 unspecified atom stereocenters. The Morgan fingerprint density at radius 1 is 1.16 bits per heavy atom. The number of amides is 1. The van der Waals surface area contributed by atoms with Crippen LogP contribution in [0, 0.1) is 5.82 Å². The molecule has 2 aromatic carbocycles. The zero-order valence-electron chi connectivity index (χ0n) is 13.5. The van der Waals surface area contributed by atoms with Crippen LogP contribution in [-0.4, -0.2) is 16.1 Å². The van der Waals surface area contributed by atoms with Crippen LogP contribution >= 0.6 is 23.1 Å². The molecule has 1 heterocycles. The van der Waals surface area contributed by atoms with E-state index in [1.165, 1.54) is 34.7 Å². The molecule has 7 heteroatoms. The molecule has 0 saturated carbocycles. The number of aryl methyl sites for hydroxylation is 1. The predicted molar refractivity (Wildman–Crippen MR) is 99.6 cm³/mol. The molecule has 0 bridgehead atoms. The smallest absolute Gasteiger partial charge is 0.257 e. The van der Waals surface area contributed by atoms with E-state index in [4.69, 9.17) is 0 Å². The highest BCUT2D eigenvalue weighted by Crippen LogP contribution is 2.29. The fourth-order valence-corrected chi connectivity index (χ4v) is 3.87. The van der Waals surface area contributed by atoms with Gasteiger partial charge in [0.05, 0.1) is 0 Å². The van der Waals surface area contributed by atoms with Crippen molar-refractivity contribution >= 4 is 34.1 Å². The summed E-state index contributed by atoms with van der Waals surface area (Å²) in [6.07, 6.45) is 0.931. The number of hydrogen-bond donors (Lipinski definition) is 1. The van der Waals surface area contributed by atoms with Crippen molar-refractivity contribution in [1.29, 1.82) is 0 Å². The van der Waals surface area contributed by atoms with Gasteiger partial charge in [0.1, 0.15) is 5.82 Å². The van der Waals surface area contributed by atoms with Crippen LogP contribution in [0.15, 0.2) is 52.9 Å². The van der Waals surface area contributed by atoms with E-state index in [1.54, 1.807) is 30.3 Å². The molecule has 0 aliphatic rings. The monoisotopic (exact) mass is 373 g/mol. The van der Waals surface area contributed by atoms with Crippen molar-refractivity contribution in [2.24, 2.45) is 0 Å². The minimum Gasteiger partial charge on any atom is -0.296 e. The fraction of sp³-hybridized carbons (Fsp3) is 0.167. The first-order valence-electron chi connectivity index (χ1n) is 7.75. The summed E-state index contributed by atoms with van der Waals surface area (Å²) < 4.78 is 14.3. The molecule has 0 atom stereocenters. The van der Waals surface area contributed by atoms with Crippen LogP contribution < -0.4 is 5.32 Å². The third-order valence-electron chi connectivity index (χ3n) is 3.56. The number of anilines is 1. The molecule has 0 radical (unpaired) electrons. The van der Waals surface area contributed by atoms with Crippen molar-refractivity contribution in [3.8, 4) is 0 Å². The number of carbonyl (C=O) groups excluding carboxylic acids is 1. The molecule has 1 aromatic heterocycles. The van der Waals surface area contributed by atoms with E-state index < -0.39 is 0 Å². The van der Waals surface area contributed by atoms with E-state index in [-0.39, 0.29) is 11.7 Å². The van der Waals surface area contributed by atoms with Crippen LogP contribution in [0.5, 0.6) is 0 Å². The van der Waals surface area contributed by atoms with Crippen LogP contribution in [0.1, 0.15) is 28.4 Å². The van der Waals surface area contributed by atoms with Gasteiger partial charge in [-0.15, -0.1) is 10.2 Å². The lowest BCUT2D eigenvalue weighted by Crippen LogP contribution is -2.11. The van der Waals surface area contributed by atoms with Gasteiger partial charge in [-0.05, 0) is 35.7 Å². The van der Waals surface area contributed by atoms with Gasteiger partial charge in [-0.2, -0.15) is 0 Å². The first-order valence-corrected chi connectivity index (χ1v) is 9.56. The summed E-state index contributed by atoms with van der Waals surface area (Å²) in [5.74, 6) is 0.0151. The minimum absolute atomic E-state index is 0.218. The second-order valence-electron chi connectivity index (χ2n) is 5.26. The number of hydrogen-bond acceptors (Lipinski definition) is 5. The maximum atomic E-state index is 13.6. The second kappa shape index (κ2) is 8.22. The van der Waals surface area contributed by atoms with E-state index in [9.17, 15) is 9.18 Å². The van der Waals surface area contributed by atoms with Crippen molar-refractivity contribution in [1.82, 2.24) is 10.2 Å². The van der Waals surface area contributed by atoms with Crippen LogP contribution in [0.4, 0.5) is 9.52 Å². The van der Waals surface area contributed by atoms with Gasteiger partial charge in [0, 0.05) is 11.3 Å². The van der Waals surface area contributed by atoms with Gasteiger partial charge in [-0.1, -0.05) is 60.4 Å². The molecule has 0 aliphatic carbocycles. The van der Waals surface area contributed by atoms with E-state index in [0.717, 1.165) is 6.42 Å². The highest BCUT2D eigenvalue weighted by Gasteiger charge is 2.11. The Morgan fingerprint density at radius 3 is 2.64 bits per heavy atom. The maximum Gasteiger partial charge on any atom is 0.257 e. The number of rotatable bonds is 6. The summed E-state index contributed by atoms with van der Waals surface area (Å²) in [6, 6.07) is 14.1. The number of benzene rings is 2. The number of halogens is 1. The molecule has 0 saturated heterocycles. The van der Waals surface area contributed by atoms with E-state index >= 15 is 0 Å². The van der Waals surface area contributed by atoms with Crippen molar-refractivity contribution in [2.75, 3.05) is 5.32 Å². The van der Waals surface area contributed by atoms with Gasteiger partial charge >= 0.3 is 0 Å². The molecule has 0 fully saturated rings. The number of nitrogens with zero attached hydrogens (tertiary/aromatic N) is 2. The molecule has 1 amide bonds. The fourth-order valence-electron chi connectivity index (χ4n) is 2.13. The first-order chi connectivity index (χ1) is 12.2. The van der Waals surface area contributed by atoms with Crippen molar-refractivity contribution in [3.63, 3.8) is 0 Å². The molecule has 128 valence electrons. The second-order valence-corrected chi connectivity index (χ2v) is 7.46. The summed E-state index contributed by atoms with van der Waals surface area (Å²) in [7, 11) is 0. The number of thioether (sulfide) groups is 1. The van der Waals surface area contributed by atoms with Crippen LogP contribution in [0.3, 0.4) is 0 Å². The van der Waals surface area contributed by atoms with Crippen molar-refractivity contribution < 1.29 is 9.18 Å². The molecule has 4 nitrogen and oxygen atoms in total. The minimum atomic E-state index is -0.233. The molecule has 0 spiro atoms. The molecule has 25 heavy (non-hydrogen) atoms. The predicted octanol–water partition coefficient (Wildman–Crippen LogP) is 4.78. The lowest BCUT2D eigenvalue weighted by Gasteiger charge is -2.02. The number of nitrogens with one attached hydrogen (secondary N) is 1. The van der Waals surface area contributed by atoms with Crippen LogP contribution in [0.25, 0.3) is 0 Å². The third-order valence-corrected chi connectivity index (χ3v) is 5.58. The van der Waals surface area contributed by atoms with E-state index in [2.05, 4.69) is 22.4 Å². The lowest BCUT2D eigenvalue weighted by atomic mass is 10.1. The topological polar surface area (TPSA) is 54.9 Å². The Bertz CT molecular complexity index is 865. The summed E-state index contributed by atoms with van der Waals surface area (Å²) in [4.78, 5) is 12.2. The Balaban J connectivity index is 1.59. The van der Waals surface area contributed by atoms with Gasteiger partial charge in [-0.3, -0.25) is 10.1 Å². The Labute approximate surface area is 153 Å².